The Hall–Kier alpha value is -1.79. The minimum atomic E-state index is -0.631. The van der Waals surface area contributed by atoms with Crippen molar-refractivity contribution >= 4 is 26.8 Å². The number of alkyl halides is 1. The Bertz CT molecular complexity index is 993. The number of hydrogen-bond acceptors (Lipinski definition) is 1. The van der Waals surface area contributed by atoms with Crippen LogP contribution >= 0.6 is 15.9 Å². The van der Waals surface area contributed by atoms with Crippen LogP contribution in [0.5, 0.6) is 0 Å². The number of rotatable bonds is 4. The number of para-hydroxylation sites is 1. The van der Waals surface area contributed by atoms with E-state index >= 15 is 0 Å². The molecule has 0 aliphatic carbocycles. The number of halogens is 4. The average Bonchev–Trinajstić information content (AvgIpc) is 3.01. The van der Waals surface area contributed by atoms with Gasteiger partial charge < -0.3 is 4.98 Å². The number of nitrogens with one attached hydrogen (secondary N) is 1. The van der Waals surface area contributed by atoms with Crippen molar-refractivity contribution in [3.63, 3.8) is 0 Å². The average molecular weight is 451 g/mol. The van der Waals surface area contributed by atoms with Gasteiger partial charge in [0.25, 0.3) is 0 Å². The second kappa shape index (κ2) is 7.56. The summed E-state index contributed by atoms with van der Waals surface area (Å²) in [4.78, 5) is 5.42. The molecule has 0 amide bonds. The van der Waals surface area contributed by atoms with Gasteiger partial charge in [-0.3, -0.25) is 9.29 Å². The first-order valence-corrected chi connectivity index (χ1v) is 10.3. The van der Waals surface area contributed by atoms with E-state index in [0.29, 0.717) is 11.0 Å². The minimum absolute atomic E-state index is 0.00798. The standard InChI is InChI=1S/C22H22BrF3N2/c1-12(10-24)11-28-13(2)7-16-15-5-3-4-6-19(15)27-21(16)22(28)20-17(25)8-14(23)9-18(20)26/h3-6,8-9,12-13,22,27H,7,10-11H2,1-2H3/t12-,13-,22-/m1/s1. The largest absolute Gasteiger partial charge is 0.357 e. The molecule has 148 valence electrons. The van der Waals surface area contributed by atoms with Crippen molar-refractivity contribution in [3.8, 4) is 0 Å². The van der Waals surface area contributed by atoms with Crippen LogP contribution in [0.25, 0.3) is 10.9 Å². The summed E-state index contributed by atoms with van der Waals surface area (Å²) in [5, 5.41) is 1.07. The molecule has 1 aromatic heterocycles. The quantitative estimate of drug-likeness (QED) is 0.504. The summed E-state index contributed by atoms with van der Waals surface area (Å²) in [6.45, 7) is 3.81. The van der Waals surface area contributed by atoms with E-state index in [1.807, 2.05) is 43.0 Å². The Morgan fingerprint density at radius 1 is 1.21 bits per heavy atom. The zero-order valence-corrected chi connectivity index (χ0v) is 17.4. The predicted molar refractivity (Wildman–Crippen MR) is 109 cm³/mol. The number of nitrogens with zero attached hydrogens (tertiary/aromatic N) is 1. The van der Waals surface area contributed by atoms with Crippen molar-refractivity contribution in [3.05, 3.63) is 69.3 Å². The molecule has 3 aromatic rings. The van der Waals surface area contributed by atoms with Crippen LogP contribution in [0.1, 0.15) is 36.7 Å². The van der Waals surface area contributed by atoms with Gasteiger partial charge >= 0.3 is 0 Å². The van der Waals surface area contributed by atoms with E-state index in [1.54, 1.807) is 0 Å². The molecule has 0 saturated carbocycles. The van der Waals surface area contributed by atoms with Crippen molar-refractivity contribution in [2.75, 3.05) is 13.2 Å². The molecule has 0 unspecified atom stereocenters. The SMILES string of the molecule is C[C@H](CF)CN1[C@H](c2c(F)cc(Br)cc2F)c2[nH]c3ccccc3c2C[C@H]1C. The van der Waals surface area contributed by atoms with Gasteiger partial charge in [0.2, 0.25) is 0 Å². The van der Waals surface area contributed by atoms with E-state index < -0.39 is 24.4 Å². The fourth-order valence-electron chi connectivity index (χ4n) is 4.33. The number of benzene rings is 2. The molecule has 4 rings (SSSR count). The maximum Gasteiger partial charge on any atom is 0.132 e. The molecule has 2 aromatic carbocycles. The van der Waals surface area contributed by atoms with Crippen molar-refractivity contribution in [2.45, 2.75) is 32.4 Å². The molecule has 0 radical (unpaired) electrons. The summed E-state index contributed by atoms with van der Waals surface area (Å²) in [5.41, 5.74) is 2.83. The lowest BCUT2D eigenvalue weighted by atomic mass is 9.87. The van der Waals surface area contributed by atoms with Crippen molar-refractivity contribution in [2.24, 2.45) is 5.92 Å². The fourth-order valence-corrected chi connectivity index (χ4v) is 4.73. The number of hydrogen-bond donors (Lipinski definition) is 1. The summed E-state index contributed by atoms with van der Waals surface area (Å²) in [6.07, 6.45) is 0.745. The van der Waals surface area contributed by atoms with E-state index in [4.69, 9.17) is 0 Å². The third kappa shape index (κ3) is 3.26. The first-order valence-electron chi connectivity index (χ1n) is 9.46. The van der Waals surface area contributed by atoms with Gasteiger partial charge in [-0.2, -0.15) is 0 Å². The van der Waals surface area contributed by atoms with Crippen LogP contribution < -0.4 is 0 Å². The Morgan fingerprint density at radius 2 is 1.89 bits per heavy atom. The zero-order valence-electron chi connectivity index (χ0n) is 15.8. The molecule has 2 nitrogen and oxygen atoms in total. The maximum absolute atomic E-state index is 15.0. The molecule has 6 heteroatoms. The number of H-pyrrole nitrogens is 1. The number of fused-ring (bicyclic) bond motifs is 3. The second-order valence-electron chi connectivity index (χ2n) is 7.76. The topological polar surface area (TPSA) is 19.0 Å². The molecule has 0 fully saturated rings. The molecule has 1 N–H and O–H groups in total. The summed E-state index contributed by atoms with van der Waals surface area (Å²) in [5.74, 6) is -1.43. The highest BCUT2D eigenvalue weighted by atomic mass is 79.9. The van der Waals surface area contributed by atoms with Crippen molar-refractivity contribution < 1.29 is 13.2 Å². The van der Waals surface area contributed by atoms with E-state index in [-0.39, 0.29) is 17.5 Å². The van der Waals surface area contributed by atoms with Crippen molar-refractivity contribution in [1.82, 2.24) is 9.88 Å². The van der Waals surface area contributed by atoms with Crippen LogP contribution in [0, 0.1) is 17.6 Å². The van der Waals surface area contributed by atoms with Gasteiger partial charge in [-0.25, -0.2) is 8.78 Å². The Labute approximate surface area is 170 Å². The first-order chi connectivity index (χ1) is 13.4. The molecule has 0 bridgehead atoms. The van der Waals surface area contributed by atoms with Gasteiger partial charge in [-0.05, 0) is 43.0 Å². The van der Waals surface area contributed by atoms with E-state index in [2.05, 4.69) is 20.9 Å². The normalized spacial score (nSPS) is 21.1. The Kier molecular flexibility index (Phi) is 5.27. The highest BCUT2D eigenvalue weighted by molar-refractivity contribution is 9.10. The maximum atomic E-state index is 15.0. The molecule has 3 atom stereocenters. The summed E-state index contributed by atoms with van der Waals surface area (Å²) < 4.78 is 43.6. The van der Waals surface area contributed by atoms with Gasteiger partial charge in [0.05, 0.1) is 12.7 Å². The summed E-state index contributed by atoms with van der Waals surface area (Å²) in [7, 11) is 0. The molecule has 1 aliphatic rings. The summed E-state index contributed by atoms with van der Waals surface area (Å²) >= 11 is 3.16. The number of aromatic amines is 1. The monoisotopic (exact) mass is 450 g/mol. The summed E-state index contributed by atoms with van der Waals surface area (Å²) in [6, 6.07) is 9.87. The van der Waals surface area contributed by atoms with Crippen LogP contribution in [-0.2, 0) is 6.42 Å². The van der Waals surface area contributed by atoms with Crippen LogP contribution in [-0.4, -0.2) is 29.1 Å². The zero-order chi connectivity index (χ0) is 20.0. The lowest BCUT2D eigenvalue weighted by Crippen LogP contribution is -2.45. The van der Waals surface area contributed by atoms with Gasteiger partial charge in [0.1, 0.15) is 11.6 Å². The lowest BCUT2D eigenvalue weighted by molar-refractivity contribution is 0.115. The highest BCUT2D eigenvalue weighted by Gasteiger charge is 2.39. The number of aromatic nitrogens is 1. The van der Waals surface area contributed by atoms with Gasteiger partial charge in [0.15, 0.2) is 0 Å². The predicted octanol–water partition coefficient (Wildman–Crippen LogP) is 6.15. The minimum Gasteiger partial charge on any atom is -0.357 e. The van der Waals surface area contributed by atoms with Gasteiger partial charge in [-0.1, -0.05) is 41.1 Å². The van der Waals surface area contributed by atoms with Crippen LogP contribution in [0.4, 0.5) is 13.2 Å². The van der Waals surface area contributed by atoms with Crippen molar-refractivity contribution in [1.29, 1.82) is 0 Å². The second-order valence-corrected chi connectivity index (χ2v) is 8.67. The highest BCUT2D eigenvalue weighted by Crippen LogP contribution is 2.43. The van der Waals surface area contributed by atoms with Crippen LogP contribution in [0.15, 0.2) is 40.9 Å². The molecule has 2 heterocycles. The third-order valence-electron chi connectivity index (χ3n) is 5.62. The van der Waals surface area contributed by atoms with E-state index in [0.717, 1.165) is 28.6 Å². The lowest BCUT2D eigenvalue weighted by Gasteiger charge is -2.42. The molecule has 0 spiro atoms. The molecule has 1 aliphatic heterocycles. The molecule has 28 heavy (non-hydrogen) atoms. The Morgan fingerprint density at radius 3 is 2.57 bits per heavy atom. The van der Waals surface area contributed by atoms with Crippen LogP contribution in [0.2, 0.25) is 0 Å². The van der Waals surface area contributed by atoms with Gasteiger partial charge in [-0.15, -0.1) is 0 Å². The third-order valence-corrected chi connectivity index (χ3v) is 6.08. The molecule has 0 saturated heterocycles. The fraction of sp³-hybridized carbons (Fsp3) is 0.364. The van der Waals surface area contributed by atoms with E-state index in [1.165, 1.54) is 12.1 Å². The first kappa shape index (κ1) is 19.5. The molecular weight excluding hydrogens is 429 g/mol. The smallest absolute Gasteiger partial charge is 0.132 e. The Balaban J connectivity index is 1.95. The van der Waals surface area contributed by atoms with Crippen LogP contribution in [0.3, 0.4) is 0 Å². The van der Waals surface area contributed by atoms with Gasteiger partial charge in [0, 0.05) is 39.2 Å². The van der Waals surface area contributed by atoms with E-state index in [9.17, 15) is 13.2 Å². The molecular formula is C22H22BrF3N2.